The maximum atomic E-state index is 10.8. The number of carboxylic acids is 1. The third kappa shape index (κ3) is 3.72. The zero-order valence-electron chi connectivity index (χ0n) is 13.7. The van der Waals surface area contributed by atoms with Crippen molar-refractivity contribution in [2.24, 2.45) is 0 Å². The van der Waals surface area contributed by atoms with Gasteiger partial charge < -0.3 is 9.67 Å². The van der Waals surface area contributed by atoms with Crippen molar-refractivity contribution >= 4 is 17.0 Å². The number of hydrogen-bond acceptors (Lipinski definition) is 3. The van der Waals surface area contributed by atoms with Gasteiger partial charge in [0.25, 0.3) is 0 Å². The first kappa shape index (κ1) is 16.0. The number of carbonyl (C=O) groups is 1. The molecule has 1 aromatic heterocycles. The van der Waals surface area contributed by atoms with Crippen LogP contribution in [0.25, 0.3) is 11.0 Å². The number of likely N-dealkylation sites (tertiary alicyclic amines) is 1. The van der Waals surface area contributed by atoms with Gasteiger partial charge in [-0.05, 0) is 44.9 Å². The van der Waals surface area contributed by atoms with E-state index in [2.05, 4.69) is 22.5 Å². The molecule has 1 atom stereocenters. The summed E-state index contributed by atoms with van der Waals surface area (Å²) in [6.45, 7) is 4.98. The van der Waals surface area contributed by atoms with E-state index in [-0.39, 0.29) is 6.42 Å². The van der Waals surface area contributed by atoms with Gasteiger partial charge in [0.05, 0.1) is 17.6 Å². The molecular weight excluding hydrogens is 290 g/mol. The zero-order valence-corrected chi connectivity index (χ0v) is 13.7. The maximum absolute atomic E-state index is 10.8. The molecule has 3 rings (SSSR count). The Morgan fingerprint density at radius 3 is 2.96 bits per heavy atom. The van der Waals surface area contributed by atoms with E-state index in [1.807, 2.05) is 18.2 Å². The smallest absolute Gasteiger partial charge is 0.303 e. The van der Waals surface area contributed by atoms with Crippen molar-refractivity contribution in [1.29, 1.82) is 0 Å². The summed E-state index contributed by atoms with van der Waals surface area (Å²) >= 11 is 0. The molecule has 0 amide bonds. The van der Waals surface area contributed by atoms with E-state index in [0.717, 1.165) is 29.9 Å². The molecule has 1 N–H and O–H groups in total. The van der Waals surface area contributed by atoms with Crippen LogP contribution in [0, 0.1) is 0 Å². The second-order valence-electron chi connectivity index (χ2n) is 6.48. The van der Waals surface area contributed by atoms with Gasteiger partial charge in [-0.2, -0.15) is 0 Å². The molecule has 0 radical (unpaired) electrons. The number of hydrogen-bond donors (Lipinski definition) is 1. The van der Waals surface area contributed by atoms with E-state index in [1.165, 1.54) is 19.3 Å². The van der Waals surface area contributed by atoms with Gasteiger partial charge in [0.2, 0.25) is 0 Å². The summed E-state index contributed by atoms with van der Waals surface area (Å²) in [5, 5.41) is 8.89. The molecular formula is C18H25N3O2. The number of para-hydroxylation sites is 2. The molecule has 1 unspecified atom stereocenters. The number of imidazole rings is 1. The topological polar surface area (TPSA) is 58.4 Å². The molecule has 2 heterocycles. The molecule has 124 valence electrons. The Bertz CT molecular complexity index is 680. The lowest BCUT2D eigenvalue weighted by atomic mass is 10.0. The Balaban J connectivity index is 1.83. The monoisotopic (exact) mass is 315 g/mol. The van der Waals surface area contributed by atoms with Crippen LogP contribution in [0.2, 0.25) is 0 Å². The Hall–Kier alpha value is -1.88. The fourth-order valence-electron chi connectivity index (χ4n) is 3.46. The molecule has 0 saturated carbocycles. The van der Waals surface area contributed by atoms with Gasteiger partial charge in [0, 0.05) is 19.0 Å². The lowest BCUT2D eigenvalue weighted by Gasteiger charge is -2.33. The fraction of sp³-hybridized carbons (Fsp3) is 0.556. The van der Waals surface area contributed by atoms with Crippen molar-refractivity contribution in [3.8, 4) is 0 Å². The SMILES string of the molecule is CC1CCCCN1Cc1nc2ccccc2n1CCCC(=O)O. The van der Waals surface area contributed by atoms with Crippen molar-refractivity contribution in [3.05, 3.63) is 30.1 Å². The quantitative estimate of drug-likeness (QED) is 0.889. The molecule has 5 nitrogen and oxygen atoms in total. The average Bonchev–Trinajstić information content (AvgIpc) is 2.87. The maximum Gasteiger partial charge on any atom is 0.303 e. The molecule has 1 fully saturated rings. The van der Waals surface area contributed by atoms with Crippen LogP contribution in [0.1, 0.15) is 44.9 Å². The average molecular weight is 315 g/mol. The van der Waals surface area contributed by atoms with Crippen LogP contribution < -0.4 is 0 Å². The molecule has 1 aromatic carbocycles. The van der Waals surface area contributed by atoms with E-state index in [0.29, 0.717) is 19.0 Å². The molecule has 0 bridgehead atoms. The van der Waals surface area contributed by atoms with Gasteiger partial charge in [0.1, 0.15) is 5.82 Å². The summed E-state index contributed by atoms with van der Waals surface area (Å²) in [4.78, 5) is 18.1. The number of aromatic nitrogens is 2. The lowest BCUT2D eigenvalue weighted by Crippen LogP contribution is -2.37. The molecule has 1 aliphatic heterocycles. The third-order valence-electron chi connectivity index (χ3n) is 4.79. The van der Waals surface area contributed by atoms with Crippen LogP contribution in [-0.2, 0) is 17.9 Å². The predicted molar refractivity (Wildman–Crippen MR) is 90.3 cm³/mol. The van der Waals surface area contributed by atoms with Crippen molar-refractivity contribution in [2.75, 3.05) is 6.54 Å². The zero-order chi connectivity index (χ0) is 16.2. The number of aryl methyl sites for hydroxylation is 1. The van der Waals surface area contributed by atoms with Crippen molar-refractivity contribution in [3.63, 3.8) is 0 Å². The summed E-state index contributed by atoms with van der Waals surface area (Å²) < 4.78 is 2.21. The Morgan fingerprint density at radius 1 is 1.35 bits per heavy atom. The number of benzene rings is 1. The number of fused-ring (bicyclic) bond motifs is 1. The van der Waals surface area contributed by atoms with Crippen LogP contribution in [0.15, 0.2) is 24.3 Å². The largest absolute Gasteiger partial charge is 0.481 e. The lowest BCUT2D eigenvalue weighted by molar-refractivity contribution is -0.137. The Morgan fingerprint density at radius 2 is 2.17 bits per heavy atom. The predicted octanol–water partition coefficient (Wildman–Crippen LogP) is 3.28. The number of nitrogens with zero attached hydrogens (tertiary/aromatic N) is 3. The van der Waals surface area contributed by atoms with E-state index in [9.17, 15) is 4.79 Å². The molecule has 5 heteroatoms. The highest BCUT2D eigenvalue weighted by Gasteiger charge is 2.21. The summed E-state index contributed by atoms with van der Waals surface area (Å²) in [6.07, 6.45) is 4.65. The highest BCUT2D eigenvalue weighted by Crippen LogP contribution is 2.22. The van der Waals surface area contributed by atoms with Crippen LogP contribution in [0.5, 0.6) is 0 Å². The molecule has 0 spiro atoms. The summed E-state index contributed by atoms with van der Waals surface area (Å²) in [6, 6.07) is 8.73. The number of aliphatic carboxylic acids is 1. The van der Waals surface area contributed by atoms with Gasteiger partial charge >= 0.3 is 5.97 Å². The standard InChI is InChI=1S/C18H25N3O2/c1-14-7-4-5-11-20(14)13-17-19-15-8-2-3-9-16(15)21(17)12-6-10-18(22)23/h2-3,8-9,14H,4-7,10-13H2,1H3,(H,22,23). The Kier molecular flexibility index (Phi) is 4.96. The van der Waals surface area contributed by atoms with Crippen LogP contribution in [0.4, 0.5) is 0 Å². The number of carboxylic acid groups (broad SMARTS) is 1. The minimum atomic E-state index is -0.736. The highest BCUT2D eigenvalue weighted by molar-refractivity contribution is 5.76. The van der Waals surface area contributed by atoms with Crippen LogP contribution >= 0.6 is 0 Å². The first-order chi connectivity index (χ1) is 11.1. The third-order valence-corrected chi connectivity index (χ3v) is 4.79. The minimum absolute atomic E-state index is 0.200. The first-order valence-corrected chi connectivity index (χ1v) is 8.55. The van der Waals surface area contributed by atoms with Gasteiger partial charge in [-0.3, -0.25) is 9.69 Å². The van der Waals surface area contributed by atoms with E-state index in [1.54, 1.807) is 0 Å². The molecule has 1 aliphatic rings. The fourth-order valence-corrected chi connectivity index (χ4v) is 3.46. The number of piperidine rings is 1. The van der Waals surface area contributed by atoms with Gasteiger partial charge in [0.15, 0.2) is 0 Å². The first-order valence-electron chi connectivity index (χ1n) is 8.55. The van der Waals surface area contributed by atoms with Gasteiger partial charge in [-0.15, -0.1) is 0 Å². The van der Waals surface area contributed by atoms with Crippen molar-refractivity contribution < 1.29 is 9.90 Å². The number of rotatable bonds is 6. The molecule has 0 aliphatic carbocycles. The highest BCUT2D eigenvalue weighted by atomic mass is 16.4. The van der Waals surface area contributed by atoms with E-state index >= 15 is 0 Å². The molecule has 1 saturated heterocycles. The summed E-state index contributed by atoms with van der Waals surface area (Å²) in [5.74, 6) is 0.325. The van der Waals surface area contributed by atoms with Gasteiger partial charge in [-0.25, -0.2) is 4.98 Å². The second-order valence-corrected chi connectivity index (χ2v) is 6.48. The Labute approximate surface area is 136 Å². The normalized spacial score (nSPS) is 19.3. The van der Waals surface area contributed by atoms with Crippen molar-refractivity contribution in [2.45, 2.75) is 58.2 Å². The van der Waals surface area contributed by atoms with Crippen molar-refractivity contribution in [1.82, 2.24) is 14.5 Å². The molecule has 23 heavy (non-hydrogen) atoms. The molecule has 2 aromatic rings. The second kappa shape index (κ2) is 7.13. The van der Waals surface area contributed by atoms with Crippen LogP contribution in [0.3, 0.4) is 0 Å². The summed E-state index contributed by atoms with van der Waals surface area (Å²) in [5.41, 5.74) is 2.11. The van der Waals surface area contributed by atoms with E-state index in [4.69, 9.17) is 10.1 Å². The van der Waals surface area contributed by atoms with Gasteiger partial charge in [-0.1, -0.05) is 18.6 Å². The van der Waals surface area contributed by atoms with E-state index < -0.39 is 5.97 Å². The summed E-state index contributed by atoms with van der Waals surface area (Å²) in [7, 11) is 0. The van der Waals surface area contributed by atoms with Crippen LogP contribution in [-0.4, -0.2) is 38.1 Å². The minimum Gasteiger partial charge on any atom is -0.481 e.